The van der Waals surface area contributed by atoms with E-state index in [4.69, 9.17) is 11.6 Å². The summed E-state index contributed by atoms with van der Waals surface area (Å²) < 4.78 is 24.8. The summed E-state index contributed by atoms with van der Waals surface area (Å²) in [5.74, 6) is -0.000547. The first-order valence-corrected chi connectivity index (χ1v) is 7.08. The summed E-state index contributed by atoms with van der Waals surface area (Å²) in [6.45, 7) is 6.78. The third kappa shape index (κ3) is 5.15. The van der Waals surface area contributed by atoms with Crippen LogP contribution >= 0.6 is 11.6 Å². The molecule has 0 amide bonds. The lowest BCUT2D eigenvalue weighted by Crippen LogP contribution is -2.38. The van der Waals surface area contributed by atoms with Gasteiger partial charge in [0.2, 0.25) is 0 Å². The Labute approximate surface area is 109 Å². The number of benzene rings is 1. The summed E-state index contributed by atoms with van der Waals surface area (Å²) in [4.78, 5) is 0.562. The van der Waals surface area contributed by atoms with Crippen LogP contribution in [0.4, 0.5) is 4.39 Å². The van der Waals surface area contributed by atoms with Crippen LogP contribution in [-0.4, -0.2) is 22.0 Å². The van der Waals surface area contributed by atoms with E-state index < -0.39 is 16.6 Å². The molecule has 0 bridgehead atoms. The van der Waals surface area contributed by atoms with Crippen LogP contribution in [0.5, 0.6) is 0 Å². The highest BCUT2D eigenvalue weighted by molar-refractivity contribution is 7.85. The molecule has 1 atom stereocenters. The van der Waals surface area contributed by atoms with Gasteiger partial charge in [0, 0.05) is 22.7 Å². The lowest BCUT2D eigenvalue weighted by Gasteiger charge is -2.20. The monoisotopic (exact) mass is 277 g/mol. The number of hydrogen-bond donors (Lipinski definition) is 1. The van der Waals surface area contributed by atoms with Crippen molar-refractivity contribution in [1.29, 1.82) is 0 Å². The van der Waals surface area contributed by atoms with E-state index in [0.29, 0.717) is 17.2 Å². The number of nitrogens with one attached hydrogen (secondary N) is 1. The first-order valence-electron chi connectivity index (χ1n) is 5.38. The average Bonchev–Trinajstić information content (AvgIpc) is 2.20. The normalized spacial score (nSPS) is 13.7. The first-order chi connectivity index (χ1) is 7.79. The van der Waals surface area contributed by atoms with Crippen LogP contribution < -0.4 is 5.32 Å². The molecule has 0 aliphatic heterocycles. The molecular weight excluding hydrogens is 261 g/mol. The van der Waals surface area contributed by atoms with Gasteiger partial charge in [0.1, 0.15) is 5.82 Å². The molecule has 2 nitrogen and oxygen atoms in total. The molecule has 0 spiro atoms. The van der Waals surface area contributed by atoms with Gasteiger partial charge in [0.15, 0.2) is 0 Å². The van der Waals surface area contributed by atoms with Crippen molar-refractivity contribution in [3.05, 3.63) is 29.0 Å². The molecule has 0 heterocycles. The maximum absolute atomic E-state index is 12.9. The molecule has 0 aromatic heterocycles. The molecule has 96 valence electrons. The minimum Gasteiger partial charge on any atom is -0.311 e. The third-order valence-corrected chi connectivity index (χ3v) is 3.74. The van der Waals surface area contributed by atoms with Crippen molar-refractivity contribution in [2.45, 2.75) is 31.2 Å². The second-order valence-corrected chi connectivity index (χ2v) is 6.78. The highest BCUT2D eigenvalue weighted by Gasteiger charge is 2.11. The fourth-order valence-corrected chi connectivity index (χ4v) is 2.49. The number of halogens is 2. The van der Waals surface area contributed by atoms with E-state index >= 15 is 0 Å². The van der Waals surface area contributed by atoms with Gasteiger partial charge in [0.05, 0.1) is 15.8 Å². The Balaban J connectivity index is 2.56. The topological polar surface area (TPSA) is 29.1 Å². The molecule has 0 aliphatic carbocycles. The van der Waals surface area contributed by atoms with Crippen molar-refractivity contribution in [1.82, 2.24) is 5.32 Å². The Morgan fingerprint density at radius 1 is 1.41 bits per heavy atom. The van der Waals surface area contributed by atoms with Crippen molar-refractivity contribution in [2.75, 3.05) is 12.3 Å². The van der Waals surface area contributed by atoms with Gasteiger partial charge in [-0.15, -0.1) is 0 Å². The fraction of sp³-hybridized carbons (Fsp3) is 0.500. The quantitative estimate of drug-likeness (QED) is 0.917. The maximum Gasteiger partial charge on any atom is 0.141 e. The minimum atomic E-state index is -1.15. The molecule has 1 N–H and O–H groups in total. The molecule has 0 radical (unpaired) electrons. The van der Waals surface area contributed by atoms with Gasteiger partial charge in [-0.2, -0.15) is 0 Å². The zero-order valence-electron chi connectivity index (χ0n) is 10.2. The van der Waals surface area contributed by atoms with E-state index in [0.717, 1.165) is 0 Å². The third-order valence-electron chi connectivity index (χ3n) is 2.10. The molecule has 0 aliphatic rings. The predicted octanol–water partition coefficient (Wildman–Crippen LogP) is 2.97. The smallest absolute Gasteiger partial charge is 0.141 e. The van der Waals surface area contributed by atoms with Crippen LogP contribution in [0.2, 0.25) is 5.02 Å². The summed E-state index contributed by atoms with van der Waals surface area (Å²) in [6, 6.07) is 4.17. The number of rotatable bonds is 4. The Kier molecular flexibility index (Phi) is 5.10. The minimum absolute atomic E-state index is 0.00460. The standard InChI is InChI=1S/C12H17ClFNOS/c1-12(2,3)15-6-7-17(16)9-4-5-11(14)10(13)8-9/h4-5,8,15H,6-7H2,1-3H3. The summed E-state index contributed by atoms with van der Waals surface area (Å²) in [7, 11) is -1.15. The van der Waals surface area contributed by atoms with Gasteiger partial charge < -0.3 is 5.32 Å². The lowest BCUT2D eigenvalue weighted by atomic mass is 10.1. The molecule has 17 heavy (non-hydrogen) atoms. The summed E-state index contributed by atoms with van der Waals surface area (Å²) in [5.41, 5.74) is 0.00460. The zero-order valence-corrected chi connectivity index (χ0v) is 11.8. The molecule has 1 aromatic carbocycles. The molecule has 0 saturated heterocycles. The van der Waals surface area contributed by atoms with Crippen molar-refractivity contribution < 1.29 is 8.60 Å². The van der Waals surface area contributed by atoms with E-state index in [1.807, 2.05) is 20.8 Å². The van der Waals surface area contributed by atoms with Crippen LogP contribution in [-0.2, 0) is 10.8 Å². The van der Waals surface area contributed by atoms with Gasteiger partial charge in [-0.25, -0.2) is 4.39 Å². The summed E-state index contributed by atoms with van der Waals surface area (Å²) in [6.07, 6.45) is 0. The Morgan fingerprint density at radius 3 is 2.59 bits per heavy atom. The predicted molar refractivity (Wildman–Crippen MR) is 70.4 cm³/mol. The zero-order chi connectivity index (χ0) is 13.1. The van der Waals surface area contributed by atoms with Crippen molar-refractivity contribution in [2.24, 2.45) is 0 Å². The van der Waals surface area contributed by atoms with E-state index in [1.165, 1.54) is 18.2 Å². The summed E-state index contributed by atoms with van der Waals surface area (Å²) in [5, 5.41) is 3.26. The molecule has 5 heteroatoms. The van der Waals surface area contributed by atoms with Crippen LogP contribution in [0.25, 0.3) is 0 Å². The average molecular weight is 278 g/mol. The molecule has 1 rings (SSSR count). The van der Waals surface area contributed by atoms with Crippen LogP contribution in [0.15, 0.2) is 23.1 Å². The van der Waals surface area contributed by atoms with Crippen molar-refractivity contribution in [3.63, 3.8) is 0 Å². The van der Waals surface area contributed by atoms with Crippen molar-refractivity contribution >= 4 is 22.4 Å². The highest BCUT2D eigenvalue weighted by atomic mass is 35.5. The second kappa shape index (κ2) is 5.94. The largest absolute Gasteiger partial charge is 0.311 e. The van der Waals surface area contributed by atoms with Crippen LogP contribution in [0, 0.1) is 5.82 Å². The van der Waals surface area contributed by atoms with Crippen LogP contribution in [0.1, 0.15) is 20.8 Å². The highest BCUT2D eigenvalue weighted by Crippen LogP contribution is 2.18. The summed E-state index contributed by atoms with van der Waals surface area (Å²) >= 11 is 5.64. The van der Waals surface area contributed by atoms with E-state index in [-0.39, 0.29) is 10.6 Å². The van der Waals surface area contributed by atoms with E-state index in [9.17, 15) is 8.60 Å². The molecular formula is C12H17ClFNOS. The molecule has 0 fully saturated rings. The van der Waals surface area contributed by atoms with E-state index in [1.54, 1.807) is 0 Å². The Bertz CT molecular complexity index is 417. The first kappa shape index (κ1) is 14.6. The Hall–Kier alpha value is -0.450. The second-order valence-electron chi connectivity index (χ2n) is 4.80. The lowest BCUT2D eigenvalue weighted by molar-refractivity contribution is 0.440. The van der Waals surface area contributed by atoms with Gasteiger partial charge in [-0.05, 0) is 39.0 Å². The SMILES string of the molecule is CC(C)(C)NCCS(=O)c1ccc(F)c(Cl)c1. The molecule has 0 saturated carbocycles. The van der Waals surface area contributed by atoms with Crippen LogP contribution in [0.3, 0.4) is 0 Å². The van der Waals surface area contributed by atoms with Gasteiger partial charge in [0.25, 0.3) is 0 Å². The maximum atomic E-state index is 12.9. The van der Waals surface area contributed by atoms with Gasteiger partial charge in [-0.3, -0.25) is 4.21 Å². The fourth-order valence-electron chi connectivity index (χ4n) is 1.26. The number of hydrogen-bond acceptors (Lipinski definition) is 2. The molecule has 1 unspecified atom stereocenters. The van der Waals surface area contributed by atoms with Gasteiger partial charge >= 0.3 is 0 Å². The molecule has 1 aromatic rings. The Morgan fingerprint density at radius 2 is 2.06 bits per heavy atom. The van der Waals surface area contributed by atoms with Crippen molar-refractivity contribution in [3.8, 4) is 0 Å². The van der Waals surface area contributed by atoms with Gasteiger partial charge in [-0.1, -0.05) is 11.6 Å². The van der Waals surface area contributed by atoms with E-state index in [2.05, 4.69) is 5.32 Å².